The third-order valence-electron chi connectivity index (χ3n) is 11.3. The topological polar surface area (TPSA) is 39.4 Å². The normalized spacial score (nSPS) is 12.0. The molecule has 3 heterocycles. The maximum atomic E-state index is 6.92. The van der Waals surface area contributed by atoms with Gasteiger partial charge in [0, 0.05) is 55.3 Å². The molecule has 0 bridgehead atoms. The summed E-state index contributed by atoms with van der Waals surface area (Å²) in [5.74, 6) is 0.858. The lowest BCUT2D eigenvalue weighted by atomic mass is 9.85. The second kappa shape index (κ2) is 11.6. The second-order valence-electron chi connectivity index (χ2n) is 14.3. The van der Waals surface area contributed by atoms with Gasteiger partial charge in [-0.1, -0.05) is 152 Å². The van der Waals surface area contributed by atoms with Gasteiger partial charge >= 0.3 is 0 Å². The van der Waals surface area contributed by atoms with Gasteiger partial charge in [-0.25, -0.2) is 0 Å². The van der Waals surface area contributed by atoms with Gasteiger partial charge in [-0.05, 0) is 62.5 Å². The summed E-state index contributed by atoms with van der Waals surface area (Å²) >= 11 is 0. The predicted octanol–water partition coefficient (Wildman–Crippen LogP) is 15.2. The van der Waals surface area contributed by atoms with Crippen LogP contribution in [0.3, 0.4) is 0 Å². The molecule has 3 nitrogen and oxygen atoms in total. The van der Waals surface area contributed by atoms with Crippen LogP contribution in [0.1, 0.15) is 0 Å². The van der Waals surface area contributed by atoms with Crippen LogP contribution in [0.2, 0.25) is 0 Å². The van der Waals surface area contributed by atoms with Crippen molar-refractivity contribution in [2.45, 2.75) is 0 Å². The summed E-state index contributed by atoms with van der Waals surface area (Å²) in [7, 11) is 0. The average Bonchev–Trinajstić information content (AvgIpc) is 3.93. The van der Waals surface area contributed by atoms with Gasteiger partial charge in [0.2, 0.25) is 0 Å². The Hall–Kier alpha value is -7.36. The standard InChI is InChI=1S/C52H30O3/c1-3-14-31(15-4-1)49-43-29-42-40-23-13-24-41(52(40)55-46(42)30-47(43)54-51(49)32-16-5-2-6-17-32)50-38-21-9-7-19-36(38)48(37-20-8-10-22-39(37)50)33-26-27-35-34-18-11-12-25-44(34)53-45(35)28-33/h1-30H. The molecule has 12 aromatic rings. The fourth-order valence-corrected chi connectivity index (χ4v) is 8.88. The van der Waals surface area contributed by atoms with Crippen LogP contribution >= 0.6 is 0 Å². The van der Waals surface area contributed by atoms with E-state index in [0.29, 0.717) is 0 Å². The zero-order valence-electron chi connectivity index (χ0n) is 29.5. The van der Waals surface area contributed by atoms with E-state index in [9.17, 15) is 0 Å². The number of hydrogen-bond donors (Lipinski definition) is 0. The maximum absolute atomic E-state index is 6.92. The third-order valence-corrected chi connectivity index (χ3v) is 11.3. The first-order valence-electron chi connectivity index (χ1n) is 18.7. The average molecular weight is 703 g/mol. The maximum Gasteiger partial charge on any atom is 0.143 e. The molecule has 0 unspecified atom stereocenters. The van der Waals surface area contributed by atoms with Crippen molar-refractivity contribution in [2.75, 3.05) is 0 Å². The summed E-state index contributed by atoms with van der Waals surface area (Å²) in [4.78, 5) is 0. The molecule has 0 amide bonds. The summed E-state index contributed by atoms with van der Waals surface area (Å²) in [6, 6.07) is 64.1. The second-order valence-corrected chi connectivity index (χ2v) is 14.3. The van der Waals surface area contributed by atoms with E-state index in [1.807, 2.05) is 18.2 Å². The van der Waals surface area contributed by atoms with Crippen molar-refractivity contribution >= 4 is 76.4 Å². The zero-order valence-corrected chi connectivity index (χ0v) is 29.5. The number of fused-ring (bicyclic) bond motifs is 9. The minimum Gasteiger partial charge on any atom is -0.456 e. The van der Waals surface area contributed by atoms with E-state index < -0.39 is 0 Å². The van der Waals surface area contributed by atoms with E-state index in [1.165, 1.54) is 27.1 Å². The highest BCUT2D eigenvalue weighted by Gasteiger charge is 2.23. The van der Waals surface area contributed by atoms with Crippen LogP contribution in [0.15, 0.2) is 195 Å². The summed E-state index contributed by atoms with van der Waals surface area (Å²) in [5, 5.41) is 10.1. The quantitative estimate of drug-likeness (QED) is 0.171. The van der Waals surface area contributed by atoms with Crippen molar-refractivity contribution in [3.63, 3.8) is 0 Å². The molecule has 0 aliphatic carbocycles. The first-order chi connectivity index (χ1) is 27.3. The molecular formula is C52H30O3. The molecule has 0 atom stereocenters. The molecule has 0 N–H and O–H groups in total. The van der Waals surface area contributed by atoms with E-state index in [4.69, 9.17) is 13.3 Å². The molecule has 3 heteroatoms. The van der Waals surface area contributed by atoms with E-state index in [-0.39, 0.29) is 0 Å². The van der Waals surface area contributed by atoms with Gasteiger partial charge in [0.05, 0.1) is 0 Å². The van der Waals surface area contributed by atoms with E-state index >= 15 is 0 Å². The Kier molecular flexibility index (Phi) is 6.34. The lowest BCUT2D eigenvalue weighted by Gasteiger charge is -2.17. The highest BCUT2D eigenvalue weighted by atomic mass is 16.3. The van der Waals surface area contributed by atoms with Crippen LogP contribution in [0, 0.1) is 0 Å². The van der Waals surface area contributed by atoms with Gasteiger partial charge in [0.1, 0.15) is 33.7 Å². The Morgan fingerprint density at radius 3 is 1.55 bits per heavy atom. The molecule has 3 aromatic heterocycles. The Balaban J connectivity index is 1.11. The molecule has 0 radical (unpaired) electrons. The van der Waals surface area contributed by atoms with Crippen molar-refractivity contribution in [1.82, 2.24) is 0 Å². The van der Waals surface area contributed by atoms with Crippen molar-refractivity contribution < 1.29 is 13.3 Å². The van der Waals surface area contributed by atoms with Crippen LogP contribution in [0.25, 0.3) is 121 Å². The molecule has 0 aliphatic rings. The molecule has 12 rings (SSSR count). The first kappa shape index (κ1) is 30.1. The predicted molar refractivity (Wildman–Crippen MR) is 228 cm³/mol. The zero-order chi connectivity index (χ0) is 36.0. The van der Waals surface area contributed by atoms with Gasteiger partial charge in [0.25, 0.3) is 0 Å². The molecule has 0 aliphatic heterocycles. The Morgan fingerprint density at radius 1 is 0.255 bits per heavy atom. The Bertz CT molecular complexity index is 3420. The summed E-state index contributed by atoms with van der Waals surface area (Å²) in [6.07, 6.45) is 0. The molecule has 55 heavy (non-hydrogen) atoms. The van der Waals surface area contributed by atoms with E-state index in [1.54, 1.807) is 0 Å². The highest BCUT2D eigenvalue weighted by molar-refractivity contribution is 6.25. The van der Waals surface area contributed by atoms with Crippen molar-refractivity contribution in [2.24, 2.45) is 0 Å². The number of para-hydroxylation sites is 2. The molecule has 256 valence electrons. The fourth-order valence-electron chi connectivity index (χ4n) is 8.88. The number of hydrogen-bond acceptors (Lipinski definition) is 3. The molecule has 0 spiro atoms. The minimum atomic E-state index is 0.798. The fraction of sp³-hybridized carbons (Fsp3) is 0. The van der Waals surface area contributed by atoms with Crippen LogP contribution in [-0.2, 0) is 0 Å². The van der Waals surface area contributed by atoms with Gasteiger partial charge in [-0.3, -0.25) is 0 Å². The molecule has 0 fully saturated rings. The first-order valence-corrected chi connectivity index (χ1v) is 18.7. The number of rotatable bonds is 4. The molecule has 9 aromatic carbocycles. The SMILES string of the molecule is c1ccc(-c2oc3cc4oc5c(-c6c7ccccc7c(-c7ccc8c(c7)oc7ccccc78)c7ccccc67)cccc5c4cc3c2-c2ccccc2)cc1. The lowest BCUT2D eigenvalue weighted by molar-refractivity contribution is 0.629. The third kappa shape index (κ3) is 4.44. The van der Waals surface area contributed by atoms with Crippen molar-refractivity contribution in [3.05, 3.63) is 182 Å². The minimum absolute atomic E-state index is 0.798. The van der Waals surface area contributed by atoms with E-state index in [0.717, 1.165) is 94.0 Å². The van der Waals surface area contributed by atoms with Crippen LogP contribution in [0.5, 0.6) is 0 Å². The molecule has 0 saturated carbocycles. The molecule has 0 saturated heterocycles. The number of furan rings is 3. The van der Waals surface area contributed by atoms with Gasteiger partial charge in [0.15, 0.2) is 0 Å². The van der Waals surface area contributed by atoms with Crippen molar-refractivity contribution in [1.29, 1.82) is 0 Å². The van der Waals surface area contributed by atoms with Crippen LogP contribution < -0.4 is 0 Å². The van der Waals surface area contributed by atoms with Crippen LogP contribution in [-0.4, -0.2) is 0 Å². The Labute approximate surface area is 315 Å². The summed E-state index contributed by atoms with van der Waals surface area (Å²) in [5.41, 5.74) is 12.0. The van der Waals surface area contributed by atoms with Gasteiger partial charge in [-0.15, -0.1) is 0 Å². The Morgan fingerprint density at radius 2 is 0.818 bits per heavy atom. The van der Waals surface area contributed by atoms with Crippen molar-refractivity contribution in [3.8, 4) is 44.7 Å². The molecular weight excluding hydrogens is 673 g/mol. The largest absolute Gasteiger partial charge is 0.456 e. The highest BCUT2D eigenvalue weighted by Crippen LogP contribution is 2.49. The summed E-state index contributed by atoms with van der Waals surface area (Å²) in [6.45, 7) is 0. The number of benzene rings is 9. The smallest absolute Gasteiger partial charge is 0.143 e. The van der Waals surface area contributed by atoms with Gasteiger partial charge < -0.3 is 13.3 Å². The van der Waals surface area contributed by atoms with Crippen LogP contribution in [0.4, 0.5) is 0 Å². The lowest BCUT2D eigenvalue weighted by Crippen LogP contribution is -1.91. The van der Waals surface area contributed by atoms with Gasteiger partial charge in [-0.2, -0.15) is 0 Å². The monoisotopic (exact) mass is 702 g/mol. The van der Waals surface area contributed by atoms with E-state index in [2.05, 4.69) is 164 Å². The summed E-state index contributed by atoms with van der Waals surface area (Å²) < 4.78 is 20.0.